The molecular formula is C10H20N2O2. The third kappa shape index (κ3) is 3.18. The van der Waals surface area contributed by atoms with Crippen LogP contribution >= 0.6 is 0 Å². The van der Waals surface area contributed by atoms with Crippen LogP contribution in [0.3, 0.4) is 0 Å². The molecule has 1 fully saturated rings. The maximum Gasteiger partial charge on any atom is 0.407 e. The first-order valence-corrected chi connectivity index (χ1v) is 5.22. The highest BCUT2D eigenvalue weighted by Gasteiger charge is 2.22. The maximum absolute atomic E-state index is 11.0. The summed E-state index contributed by atoms with van der Waals surface area (Å²) in [7, 11) is 1.40. The van der Waals surface area contributed by atoms with E-state index in [1.807, 2.05) is 0 Å². The van der Waals surface area contributed by atoms with E-state index in [1.54, 1.807) is 0 Å². The highest BCUT2D eigenvalue weighted by molar-refractivity contribution is 5.67. The van der Waals surface area contributed by atoms with Gasteiger partial charge in [-0.25, -0.2) is 4.79 Å². The molecule has 4 nitrogen and oxygen atoms in total. The Hall–Kier alpha value is -0.770. The number of nitrogens with one attached hydrogen (secondary N) is 1. The zero-order chi connectivity index (χ0) is 10.6. The summed E-state index contributed by atoms with van der Waals surface area (Å²) in [6.45, 7) is 6.44. The summed E-state index contributed by atoms with van der Waals surface area (Å²) in [5, 5.41) is 2.85. The molecule has 1 rings (SSSR count). The number of amides is 1. The van der Waals surface area contributed by atoms with Crippen molar-refractivity contribution in [2.75, 3.05) is 20.2 Å². The largest absolute Gasteiger partial charge is 0.453 e. The number of alkyl carbamates (subject to hydrolysis) is 1. The maximum atomic E-state index is 11.0. The minimum absolute atomic E-state index is 0.249. The Balaban J connectivity index is 2.36. The lowest BCUT2D eigenvalue weighted by Gasteiger charge is -2.35. The van der Waals surface area contributed by atoms with Crippen molar-refractivity contribution >= 4 is 6.09 Å². The summed E-state index contributed by atoms with van der Waals surface area (Å²) in [4.78, 5) is 13.4. The highest BCUT2D eigenvalue weighted by atomic mass is 16.5. The summed E-state index contributed by atoms with van der Waals surface area (Å²) in [6.07, 6.45) is 1.88. The molecule has 0 saturated carbocycles. The van der Waals surface area contributed by atoms with E-state index >= 15 is 0 Å². The zero-order valence-electron chi connectivity index (χ0n) is 9.25. The second-order valence-corrected chi connectivity index (χ2v) is 4.06. The quantitative estimate of drug-likeness (QED) is 0.728. The van der Waals surface area contributed by atoms with Gasteiger partial charge in [-0.05, 0) is 33.2 Å². The molecule has 0 aromatic rings. The lowest BCUT2D eigenvalue weighted by atomic mass is 10.0. The van der Waals surface area contributed by atoms with Gasteiger partial charge in [0.1, 0.15) is 0 Å². The molecular weight excluding hydrogens is 180 g/mol. The average Bonchev–Trinajstić information content (AvgIpc) is 2.18. The van der Waals surface area contributed by atoms with Gasteiger partial charge in [0.25, 0.3) is 0 Å². The molecule has 0 unspecified atom stereocenters. The van der Waals surface area contributed by atoms with Gasteiger partial charge in [0, 0.05) is 18.6 Å². The number of nitrogens with zero attached hydrogens (tertiary/aromatic N) is 1. The van der Waals surface area contributed by atoms with Crippen LogP contribution in [-0.2, 0) is 4.74 Å². The molecule has 1 aliphatic rings. The van der Waals surface area contributed by atoms with Crippen LogP contribution in [0.1, 0.15) is 26.7 Å². The van der Waals surface area contributed by atoms with Crippen molar-refractivity contribution in [2.45, 2.75) is 38.8 Å². The van der Waals surface area contributed by atoms with Crippen molar-refractivity contribution in [3.05, 3.63) is 0 Å². The van der Waals surface area contributed by atoms with Crippen LogP contribution in [0, 0.1) is 0 Å². The van der Waals surface area contributed by atoms with Crippen LogP contribution in [0.25, 0.3) is 0 Å². The molecule has 1 saturated heterocycles. The molecule has 0 radical (unpaired) electrons. The van der Waals surface area contributed by atoms with E-state index in [-0.39, 0.29) is 12.1 Å². The number of methoxy groups -OCH3 is 1. The minimum Gasteiger partial charge on any atom is -0.453 e. The Labute approximate surface area is 85.6 Å². The number of carbonyl (C=O) groups excluding carboxylic acids is 1. The second-order valence-electron chi connectivity index (χ2n) is 4.06. The van der Waals surface area contributed by atoms with E-state index < -0.39 is 0 Å². The zero-order valence-corrected chi connectivity index (χ0v) is 9.25. The fraction of sp³-hybridized carbons (Fsp3) is 0.900. The van der Waals surface area contributed by atoms with E-state index in [4.69, 9.17) is 0 Å². The molecule has 1 atom stereocenters. The molecule has 0 aromatic carbocycles. The topological polar surface area (TPSA) is 41.6 Å². The standard InChI is InChI=1S/C10H20N2O2/c1-8(2)12-6-4-5-9(7-12)11-10(13)14-3/h8-9H,4-7H2,1-3H3,(H,11,13)/t9-/m1/s1. The average molecular weight is 200 g/mol. The lowest BCUT2D eigenvalue weighted by molar-refractivity contribution is 0.134. The number of piperidine rings is 1. The van der Waals surface area contributed by atoms with Crippen LogP contribution in [0.2, 0.25) is 0 Å². The molecule has 0 aromatic heterocycles. The van der Waals surface area contributed by atoms with E-state index in [0.29, 0.717) is 6.04 Å². The van der Waals surface area contributed by atoms with Gasteiger partial charge in [0.05, 0.1) is 7.11 Å². The van der Waals surface area contributed by atoms with Crippen molar-refractivity contribution in [1.29, 1.82) is 0 Å². The first kappa shape index (κ1) is 11.3. The summed E-state index contributed by atoms with van der Waals surface area (Å²) < 4.78 is 4.58. The van der Waals surface area contributed by atoms with Gasteiger partial charge in [-0.3, -0.25) is 4.90 Å². The van der Waals surface area contributed by atoms with Crippen LogP contribution in [0.5, 0.6) is 0 Å². The van der Waals surface area contributed by atoms with Gasteiger partial charge < -0.3 is 10.1 Å². The van der Waals surface area contributed by atoms with Gasteiger partial charge in [-0.1, -0.05) is 0 Å². The van der Waals surface area contributed by atoms with Crippen molar-refractivity contribution in [3.63, 3.8) is 0 Å². The van der Waals surface area contributed by atoms with Crippen LogP contribution in [0.15, 0.2) is 0 Å². The number of hydrogen-bond acceptors (Lipinski definition) is 3. The first-order chi connectivity index (χ1) is 6.63. The third-order valence-electron chi connectivity index (χ3n) is 2.69. The molecule has 14 heavy (non-hydrogen) atoms. The number of ether oxygens (including phenoxy) is 1. The van der Waals surface area contributed by atoms with Gasteiger partial charge >= 0.3 is 6.09 Å². The number of carbonyl (C=O) groups is 1. The SMILES string of the molecule is COC(=O)N[C@@H]1CCCN(C(C)C)C1. The van der Waals surface area contributed by atoms with Crippen molar-refractivity contribution < 1.29 is 9.53 Å². The predicted octanol–water partition coefficient (Wildman–Crippen LogP) is 1.22. The number of hydrogen-bond donors (Lipinski definition) is 1. The Morgan fingerprint density at radius 3 is 2.86 bits per heavy atom. The molecule has 1 amide bonds. The van der Waals surface area contributed by atoms with Crippen molar-refractivity contribution in [1.82, 2.24) is 10.2 Å². The van der Waals surface area contributed by atoms with E-state index in [2.05, 4.69) is 28.8 Å². The summed E-state index contributed by atoms with van der Waals surface area (Å²) >= 11 is 0. The lowest BCUT2D eigenvalue weighted by Crippen LogP contribution is -2.49. The Kier molecular flexibility index (Phi) is 4.20. The van der Waals surface area contributed by atoms with Gasteiger partial charge in [0.15, 0.2) is 0 Å². The molecule has 0 aliphatic carbocycles. The second kappa shape index (κ2) is 5.20. The normalized spacial score (nSPS) is 23.6. The number of rotatable bonds is 2. The molecule has 82 valence electrons. The monoisotopic (exact) mass is 200 g/mol. The molecule has 4 heteroatoms. The minimum atomic E-state index is -0.319. The summed E-state index contributed by atoms with van der Waals surface area (Å²) in [5.74, 6) is 0. The fourth-order valence-corrected chi connectivity index (χ4v) is 1.82. The van der Waals surface area contributed by atoms with E-state index in [9.17, 15) is 4.79 Å². The van der Waals surface area contributed by atoms with E-state index in [1.165, 1.54) is 7.11 Å². The van der Waals surface area contributed by atoms with E-state index in [0.717, 1.165) is 25.9 Å². The molecule has 0 spiro atoms. The molecule has 1 heterocycles. The number of likely N-dealkylation sites (tertiary alicyclic amines) is 1. The van der Waals surface area contributed by atoms with Crippen molar-refractivity contribution in [2.24, 2.45) is 0 Å². The van der Waals surface area contributed by atoms with Crippen LogP contribution in [-0.4, -0.2) is 43.3 Å². The fourth-order valence-electron chi connectivity index (χ4n) is 1.82. The molecule has 1 N–H and O–H groups in total. The van der Waals surface area contributed by atoms with Gasteiger partial charge in [0.2, 0.25) is 0 Å². The van der Waals surface area contributed by atoms with Gasteiger partial charge in [-0.2, -0.15) is 0 Å². The predicted molar refractivity (Wildman–Crippen MR) is 55.3 cm³/mol. The molecule has 0 bridgehead atoms. The summed E-state index contributed by atoms with van der Waals surface area (Å²) in [5.41, 5.74) is 0. The smallest absolute Gasteiger partial charge is 0.407 e. The van der Waals surface area contributed by atoms with Crippen LogP contribution < -0.4 is 5.32 Å². The summed E-state index contributed by atoms with van der Waals surface area (Å²) in [6, 6.07) is 0.802. The van der Waals surface area contributed by atoms with Gasteiger partial charge in [-0.15, -0.1) is 0 Å². The highest BCUT2D eigenvalue weighted by Crippen LogP contribution is 2.12. The molecule has 1 aliphatic heterocycles. The Morgan fingerprint density at radius 1 is 1.57 bits per heavy atom. The Bertz CT molecular complexity index is 195. The third-order valence-corrected chi connectivity index (χ3v) is 2.69. The first-order valence-electron chi connectivity index (χ1n) is 5.22. The Morgan fingerprint density at radius 2 is 2.29 bits per heavy atom. The van der Waals surface area contributed by atoms with Crippen molar-refractivity contribution in [3.8, 4) is 0 Å². The van der Waals surface area contributed by atoms with Crippen LogP contribution in [0.4, 0.5) is 4.79 Å².